The first kappa shape index (κ1) is 14.7. The van der Waals surface area contributed by atoms with Crippen LogP contribution in [0.3, 0.4) is 0 Å². The van der Waals surface area contributed by atoms with E-state index in [4.69, 9.17) is 9.52 Å². The Balaban J connectivity index is 1.74. The topological polar surface area (TPSA) is 122 Å². The molecular weight excluding hydrogens is 278 g/mol. The van der Waals surface area contributed by atoms with Crippen molar-refractivity contribution in [3.8, 4) is 0 Å². The van der Waals surface area contributed by atoms with Gasteiger partial charge in [0.1, 0.15) is 12.3 Å². The zero-order valence-corrected chi connectivity index (χ0v) is 11.2. The highest BCUT2D eigenvalue weighted by atomic mass is 16.3. The van der Waals surface area contributed by atoms with E-state index in [1.54, 1.807) is 12.1 Å². The third-order valence-corrected chi connectivity index (χ3v) is 2.52. The average Bonchev–Trinajstić information content (AvgIpc) is 3.08. The number of aromatic nitrogens is 3. The maximum Gasteiger partial charge on any atom is 0.321 e. The molecule has 21 heavy (non-hydrogen) atoms. The lowest BCUT2D eigenvalue weighted by molar-refractivity contribution is -0.120. The van der Waals surface area contributed by atoms with Gasteiger partial charge in [0.2, 0.25) is 5.91 Å². The Labute approximate surface area is 119 Å². The molecule has 2 aromatic rings. The van der Waals surface area contributed by atoms with Crippen molar-refractivity contribution in [3.05, 3.63) is 36.0 Å². The molecule has 112 valence electrons. The molecule has 0 spiro atoms. The number of hydrogen-bond donors (Lipinski definition) is 3. The van der Waals surface area contributed by atoms with Crippen LogP contribution in [0.2, 0.25) is 0 Å². The summed E-state index contributed by atoms with van der Waals surface area (Å²) in [6, 6.07) is 2.79. The Hall–Kier alpha value is -2.68. The second-order valence-electron chi connectivity index (χ2n) is 4.19. The van der Waals surface area contributed by atoms with E-state index in [9.17, 15) is 9.59 Å². The fourth-order valence-electron chi connectivity index (χ4n) is 1.58. The number of carbonyl (C=O) groups excluding carboxylic acids is 2. The molecule has 0 saturated carbocycles. The molecule has 0 saturated heterocycles. The number of furan rings is 1. The molecule has 2 heterocycles. The van der Waals surface area contributed by atoms with Gasteiger partial charge in [0.25, 0.3) is 0 Å². The highest BCUT2D eigenvalue weighted by molar-refractivity contribution is 5.94. The van der Waals surface area contributed by atoms with Crippen molar-refractivity contribution in [2.75, 3.05) is 6.61 Å². The number of urea groups is 1. The number of aliphatic hydroxyl groups is 1. The second kappa shape index (κ2) is 7.20. The number of imide groups is 1. The van der Waals surface area contributed by atoms with Crippen molar-refractivity contribution in [2.24, 2.45) is 0 Å². The maximum atomic E-state index is 11.6. The van der Waals surface area contributed by atoms with E-state index in [0.717, 1.165) is 0 Å². The average molecular weight is 293 g/mol. The molecular formula is C12H15N5O4. The van der Waals surface area contributed by atoms with Crippen LogP contribution in [-0.4, -0.2) is 38.6 Å². The summed E-state index contributed by atoms with van der Waals surface area (Å²) in [5.74, 6) is 0.0647. The number of hydrogen-bond acceptors (Lipinski definition) is 6. The van der Waals surface area contributed by atoms with Crippen LogP contribution in [0.1, 0.15) is 11.5 Å². The van der Waals surface area contributed by atoms with E-state index in [1.165, 1.54) is 17.1 Å². The standard InChI is InChI=1S/C12H15N5O4/c18-4-3-9-7-17(16-15-9)8-11(19)14-12(20)13-6-10-2-1-5-21-10/h1-2,5,7,18H,3-4,6,8H2,(H2,13,14,19,20). The van der Waals surface area contributed by atoms with E-state index < -0.39 is 11.9 Å². The summed E-state index contributed by atoms with van der Waals surface area (Å²) in [5, 5.41) is 20.9. The summed E-state index contributed by atoms with van der Waals surface area (Å²) in [7, 11) is 0. The molecule has 2 aromatic heterocycles. The van der Waals surface area contributed by atoms with Gasteiger partial charge in [0, 0.05) is 19.2 Å². The first-order chi connectivity index (χ1) is 10.2. The number of amides is 3. The summed E-state index contributed by atoms with van der Waals surface area (Å²) >= 11 is 0. The van der Waals surface area contributed by atoms with E-state index in [1.807, 2.05) is 0 Å². The van der Waals surface area contributed by atoms with Crippen molar-refractivity contribution in [3.63, 3.8) is 0 Å². The molecule has 0 aromatic carbocycles. The number of rotatable bonds is 6. The number of carbonyl (C=O) groups is 2. The summed E-state index contributed by atoms with van der Waals surface area (Å²) in [4.78, 5) is 23.1. The molecule has 0 aliphatic carbocycles. The molecule has 3 amide bonds. The zero-order valence-electron chi connectivity index (χ0n) is 11.2. The molecule has 9 heteroatoms. The minimum atomic E-state index is -0.618. The minimum Gasteiger partial charge on any atom is -0.467 e. The first-order valence-electron chi connectivity index (χ1n) is 6.27. The summed E-state index contributed by atoms with van der Waals surface area (Å²) in [5.41, 5.74) is 0.576. The Kier molecular flexibility index (Phi) is 5.04. The monoisotopic (exact) mass is 293 g/mol. The van der Waals surface area contributed by atoms with Crippen molar-refractivity contribution >= 4 is 11.9 Å². The van der Waals surface area contributed by atoms with Gasteiger partial charge in [-0.1, -0.05) is 5.21 Å². The fourth-order valence-corrected chi connectivity index (χ4v) is 1.58. The lowest BCUT2D eigenvalue weighted by atomic mass is 10.3. The summed E-state index contributed by atoms with van der Waals surface area (Å²) in [6.07, 6.45) is 3.40. The molecule has 3 N–H and O–H groups in total. The third kappa shape index (κ3) is 4.73. The maximum absolute atomic E-state index is 11.6. The van der Waals surface area contributed by atoms with Crippen molar-refractivity contribution in [2.45, 2.75) is 19.5 Å². The number of nitrogens with zero attached hydrogens (tertiary/aromatic N) is 3. The second-order valence-corrected chi connectivity index (χ2v) is 4.19. The van der Waals surface area contributed by atoms with Crippen LogP contribution in [0.4, 0.5) is 4.79 Å². The van der Waals surface area contributed by atoms with Gasteiger partial charge < -0.3 is 14.8 Å². The van der Waals surface area contributed by atoms with Crippen LogP contribution in [-0.2, 0) is 24.3 Å². The predicted molar refractivity (Wildman–Crippen MR) is 69.9 cm³/mol. The lowest BCUT2D eigenvalue weighted by Crippen LogP contribution is -2.40. The number of nitrogens with one attached hydrogen (secondary N) is 2. The third-order valence-electron chi connectivity index (χ3n) is 2.52. The van der Waals surface area contributed by atoms with Gasteiger partial charge in [-0.25, -0.2) is 9.48 Å². The molecule has 0 aliphatic heterocycles. The highest BCUT2D eigenvalue weighted by Crippen LogP contribution is 1.98. The normalized spacial score (nSPS) is 10.3. The largest absolute Gasteiger partial charge is 0.467 e. The van der Waals surface area contributed by atoms with Gasteiger partial charge in [-0.15, -0.1) is 5.10 Å². The molecule has 0 fully saturated rings. The van der Waals surface area contributed by atoms with E-state index in [2.05, 4.69) is 20.9 Å². The van der Waals surface area contributed by atoms with Gasteiger partial charge in [-0.2, -0.15) is 0 Å². The minimum absolute atomic E-state index is 0.0416. The van der Waals surface area contributed by atoms with Crippen molar-refractivity contribution in [1.29, 1.82) is 0 Å². The molecule has 0 aliphatic rings. The van der Waals surface area contributed by atoms with Crippen LogP contribution in [0.15, 0.2) is 29.0 Å². The van der Waals surface area contributed by atoms with E-state index in [0.29, 0.717) is 17.9 Å². The van der Waals surface area contributed by atoms with Crippen LogP contribution in [0.25, 0.3) is 0 Å². The molecule has 2 rings (SSSR count). The van der Waals surface area contributed by atoms with Gasteiger partial charge in [0.15, 0.2) is 0 Å². The Morgan fingerprint density at radius 2 is 2.29 bits per heavy atom. The summed E-state index contributed by atoms with van der Waals surface area (Å²) in [6.45, 7) is 0.0166. The van der Waals surface area contributed by atoms with Gasteiger partial charge >= 0.3 is 6.03 Å². The smallest absolute Gasteiger partial charge is 0.321 e. The van der Waals surface area contributed by atoms with Crippen LogP contribution in [0, 0.1) is 0 Å². The van der Waals surface area contributed by atoms with Crippen LogP contribution >= 0.6 is 0 Å². The summed E-state index contributed by atoms with van der Waals surface area (Å²) < 4.78 is 6.33. The molecule has 0 atom stereocenters. The Morgan fingerprint density at radius 1 is 1.43 bits per heavy atom. The SMILES string of the molecule is O=C(Cn1cc(CCO)nn1)NC(=O)NCc1ccco1. The van der Waals surface area contributed by atoms with Crippen molar-refractivity contribution < 1.29 is 19.1 Å². The van der Waals surface area contributed by atoms with Gasteiger partial charge in [0.05, 0.1) is 18.5 Å². The molecule has 0 unspecified atom stereocenters. The molecule has 0 bridgehead atoms. The van der Waals surface area contributed by atoms with Crippen LogP contribution < -0.4 is 10.6 Å². The number of aliphatic hydroxyl groups excluding tert-OH is 1. The van der Waals surface area contributed by atoms with Crippen molar-refractivity contribution in [1.82, 2.24) is 25.6 Å². The Bertz CT molecular complexity index is 593. The predicted octanol–water partition coefficient (Wildman–Crippen LogP) is -0.568. The lowest BCUT2D eigenvalue weighted by Gasteiger charge is -2.05. The Morgan fingerprint density at radius 3 is 3.00 bits per heavy atom. The highest BCUT2D eigenvalue weighted by Gasteiger charge is 2.10. The van der Waals surface area contributed by atoms with Crippen LogP contribution in [0.5, 0.6) is 0 Å². The quantitative estimate of drug-likeness (QED) is 0.655. The van der Waals surface area contributed by atoms with E-state index >= 15 is 0 Å². The first-order valence-corrected chi connectivity index (χ1v) is 6.27. The fraction of sp³-hybridized carbons (Fsp3) is 0.333. The molecule has 9 nitrogen and oxygen atoms in total. The van der Waals surface area contributed by atoms with E-state index in [-0.39, 0.29) is 19.7 Å². The van der Waals surface area contributed by atoms with Gasteiger partial charge in [-0.3, -0.25) is 10.1 Å². The zero-order chi connectivity index (χ0) is 15.1. The van der Waals surface area contributed by atoms with Gasteiger partial charge in [-0.05, 0) is 12.1 Å². The molecule has 0 radical (unpaired) electrons.